The molecule has 0 bridgehead atoms. The lowest BCUT2D eigenvalue weighted by Crippen LogP contribution is -2.56. The summed E-state index contributed by atoms with van der Waals surface area (Å²) in [4.78, 5) is 15.0. The van der Waals surface area contributed by atoms with E-state index < -0.39 is 5.60 Å². The third-order valence-corrected chi connectivity index (χ3v) is 9.99. The topological polar surface area (TPSA) is 40.5 Å². The smallest absolute Gasteiger partial charge is 0.161 e. The highest BCUT2D eigenvalue weighted by atomic mass is 16.3. The fourth-order valence-electron chi connectivity index (χ4n) is 8.16. The molecule has 154 valence electrons. The summed E-state index contributed by atoms with van der Waals surface area (Å²) in [5, 5.41) is 11.3. The number of rotatable bonds is 2. The first-order chi connectivity index (χ1) is 13.3. The number of nitrogens with zero attached hydrogens (tertiary/aromatic N) is 1. The molecule has 0 radical (unpaired) electrons. The largest absolute Gasteiger partial charge is 0.382 e. The molecule has 0 amide bonds. The summed E-state index contributed by atoms with van der Waals surface area (Å²) < 4.78 is 0. The van der Waals surface area contributed by atoms with Gasteiger partial charge in [0.2, 0.25) is 0 Å². The van der Waals surface area contributed by atoms with Crippen LogP contribution in [0.4, 0.5) is 0 Å². The summed E-state index contributed by atoms with van der Waals surface area (Å²) in [6.45, 7) is 8.82. The molecule has 4 aliphatic carbocycles. The second kappa shape index (κ2) is 6.20. The third kappa shape index (κ3) is 2.35. The van der Waals surface area contributed by atoms with Crippen LogP contribution >= 0.6 is 0 Å². The molecular weight excluding hydrogens is 346 g/mol. The number of carbonyl (C=O) groups excluding carboxylic acids is 1. The van der Waals surface area contributed by atoms with E-state index in [4.69, 9.17) is 0 Å². The monoisotopic (exact) mass is 383 g/mol. The number of Topliss-reactive ketones (excluding diaryl/α,β-unsaturated/α-hetero) is 1. The lowest BCUT2D eigenvalue weighted by molar-refractivity contribution is -0.158. The zero-order valence-corrected chi connectivity index (χ0v) is 18.0. The SMILES string of the molecule is CC(=O)[C@@]1(O)CC[C@@H]2[C@H]3CC=C4C=C(N5CCCC5)CC[C@]4(C)[C@@H]3CC[C@@]21C. The molecule has 5 rings (SSSR count). The van der Waals surface area contributed by atoms with Gasteiger partial charge in [-0.1, -0.05) is 19.9 Å². The van der Waals surface area contributed by atoms with Crippen LogP contribution in [-0.2, 0) is 4.79 Å². The average molecular weight is 384 g/mol. The number of carbonyl (C=O) groups is 1. The van der Waals surface area contributed by atoms with Crippen molar-refractivity contribution in [3.63, 3.8) is 0 Å². The van der Waals surface area contributed by atoms with Gasteiger partial charge in [0.1, 0.15) is 5.60 Å². The molecule has 1 aliphatic heterocycles. The van der Waals surface area contributed by atoms with Crippen molar-refractivity contribution in [2.24, 2.45) is 28.6 Å². The van der Waals surface area contributed by atoms with E-state index >= 15 is 0 Å². The molecule has 3 nitrogen and oxygen atoms in total. The Balaban J connectivity index is 1.46. The lowest BCUT2D eigenvalue weighted by Gasteiger charge is -2.58. The second-order valence-electron chi connectivity index (χ2n) is 10.9. The van der Waals surface area contributed by atoms with Gasteiger partial charge in [-0.2, -0.15) is 0 Å². The van der Waals surface area contributed by atoms with Gasteiger partial charge in [-0.25, -0.2) is 0 Å². The zero-order valence-electron chi connectivity index (χ0n) is 18.0. The van der Waals surface area contributed by atoms with Crippen molar-refractivity contribution >= 4 is 5.78 Å². The maximum absolute atomic E-state index is 12.4. The van der Waals surface area contributed by atoms with Gasteiger partial charge in [-0.05, 0) is 99.5 Å². The summed E-state index contributed by atoms with van der Waals surface area (Å²) in [7, 11) is 0. The van der Waals surface area contributed by atoms with Crippen molar-refractivity contribution in [2.45, 2.75) is 84.2 Å². The van der Waals surface area contributed by atoms with Gasteiger partial charge in [-0.15, -0.1) is 0 Å². The number of hydrogen-bond donors (Lipinski definition) is 1. The number of ketones is 1. The molecule has 0 unspecified atom stereocenters. The van der Waals surface area contributed by atoms with Crippen molar-refractivity contribution in [1.82, 2.24) is 4.90 Å². The number of likely N-dealkylation sites (tertiary alicyclic amines) is 1. The molecule has 5 aliphatic rings. The van der Waals surface area contributed by atoms with E-state index in [0.29, 0.717) is 24.2 Å². The van der Waals surface area contributed by atoms with Crippen LogP contribution in [0.2, 0.25) is 0 Å². The maximum Gasteiger partial charge on any atom is 0.161 e. The van der Waals surface area contributed by atoms with E-state index in [0.717, 1.165) is 25.7 Å². The molecule has 1 N–H and O–H groups in total. The summed E-state index contributed by atoms with van der Waals surface area (Å²) in [6.07, 6.45) is 15.2. The van der Waals surface area contributed by atoms with Gasteiger partial charge in [0.05, 0.1) is 0 Å². The van der Waals surface area contributed by atoms with E-state index in [1.807, 2.05) is 0 Å². The van der Waals surface area contributed by atoms with E-state index in [1.54, 1.807) is 18.2 Å². The quantitative estimate of drug-likeness (QED) is 0.740. The molecule has 3 heteroatoms. The molecule has 0 aromatic rings. The fourth-order valence-corrected chi connectivity index (χ4v) is 8.16. The zero-order chi connectivity index (χ0) is 19.7. The third-order valence-electron chi connectivity index (χ3n) is 9.99. The minimum atomic E-state index is -1.09. The highest BCUT2D eigenvalue weighted by Gasteiger charge is 2.65. The molecule has 0 spiro atoms. The minimum absolute atomic E-state index is 0.00921. The Bertz CT molecular complexity index is 748. The molecule has 3 fully saturated rings. The van der Waals surface area contributed by atoms with Crippen LogP contribution in [-0.4, -0.2) is 34.5 Å². The van der Waals surface area contributed by atoms with E-state index in [-0.39, 0.29) is 16.6 Å². The Kier molecular flexibility index (Phi) is 4.19. The van der Waals surface area contributed by atoms with Crippen molar-refractivity contribution in [3.8, 4) is 0 Å². The first kappa shape index (κ1) is 18.9. The van der Waals surface area contributed by atoms with E-state index in [2.05, 4.69) is 30.9 Å². The van der Waals surface area contributed by atoms with Crippen LogP contribution in [0.1, 0.15) is 78.6 Å². The van der Waals surface area contributed by atoms with Crippen LogP contribution in [0.25, 0.3) is 0 Å². The van der Waals surface area contributed by atoms with Crippen molar-refractivity contribution in [1.29, 1.82) is 0 Å². The Morgan fingerprint density at radius 1 is 1.11 bits per heavy atom. The predicted octanol–water partition coefficient (Wildman–Crippen LogP) is 4.86. The van der Waals surface area contributed by atoms with Crippen LogP contribution < -0.4 is 0 Å². The second-order valence-corrected chi connectivity index (χ2v) is 10.9. The molecule has 6 atom stereocenters. The highest BCUT2D eigenvalue weighted by Crippen LogP contribution is 2.67. The van der Waals surface area contributed by atoms with Gasteiger partial charge in [0, 0.05) is 24.2 Å². The predicted molar refractivity (Wildman–Crippen MR) is 112 cm³/mol. The molecule has 0 aromatic carbocycles. The number of fused-ring (bicyclic) bond motifs is 5. The Morgan fingerprint density at radius 2 is 1.82 bits per heavy atom. The maximum atomic E-state index is 12.4. The number of aliphatic hydroxyl groups is 1. The molecule has 1 heterocycles. The van der Waals surface area contributed by atoms with Crippen molar-refractivity contribution in [3.05, 3.63) is 23.4 Å². The number of hydrogen-bond acceptors (Lipinski definition) is 3. The summed E-state index contributed by atoms with van der Waals surface area (Å²) in [5.41, 5.74) is 2.12. The average Bonchev–Trinajstić information content (AvgIpc) is 3.29. The first-order valence-corrected chi connectivity index (χ1v) is 11.7. The van der Waals surface area contributed by atoms with Crippen LogP contribution in [0.5, 0.6) is 0 Å². The molecule has 1 saturated heterocycles. The Hall–Kier alpha value is -1.09. The fraction of sp³-hybridized carbons (Fsp3) is 0.800. The number of allylic oxidation sites excluding steroid dienone is 4. The minimum Gasteiger partial charge on any atom is -0.382 e. The van der Waals surface area contributed by atoms with Gasteiger partial charge >= 0.3 is 0 Å². The first-order valence-electron chi connectivity index (χ1n) is 11.7. The molecule has 0 aromatic heterocycles. The van der Waals surface area contributed by atoms with Gasteiger partial charge < -0.3 is 10.0 Å². The van der Waals surface area contributed by atoms with Crippen molar-refractivity contribution < 1.29 is 9.90 Å². The molecule has 2 saturated carbocycles. The van der Waals surface area contributed by atoms with E-state index in [9.17, 15) is 9.90 Å². The Morgan fingerprint density at radius 3 is 2.54 bits per heavy atom. The van der Waals surface area contributed by atoms with Crippen LogP contribution in [0, 0.1) is 28.6 Å². The van der Waals surface area contributed by atoms with Crippen molar-refractivity contribution in [2.75, 3.05) is 13.1 Å². The normalized spacial score (nSPS) is 47.7. The summed E-state index contributed by atoms with van der Waals surface area (Å²) >= 11 is 0. The molecule has 28 heavy (non-hydrogen) atoms. The van der Waals surface area contributed by atoms with Crippen LogP contribution in [0.15, 0.2) is 23.4 Å². The lowest BCUT2D eigenvalue weighted by atomic mass is 9.47. The van der Waals surface area contributed by atoms with Gasteiger partial charge in [0.25, 0.3) is 0 Å². The molecular formula is C25H37NO2. The highest BCUT2D eigenvalue weighted by molar-refractivity contribution is 5.86. The standard InChI is InChI=1S/C25H37NO2/c1-17(27)25(28)13-10-22-20-7-6-18-16-19(26-14-4-5-15-26)8-11-23(18,2)21(20)9-12-24(22,25)3/h6,16,20-22,28H,4-5,7-15H2,1-3H3/t20-,21+,22+,23-,24-,25-/m0/s1. The summed E-state index contributed by atoms with van der Waals surface area (Å²) in [6, 6.07) is 0. The summed E-state index contributed by atoms with van der Waals surface area (Å²) in [5.74, 6) is 1.81. The Labute approximate surface area is 170 Å². The van der Waals surface area contributed by atoms with Gasteiger partial charge in [-0.3, -0.25) is 4.79 Å². The van der Waals surface area contributed by atoms with Gasteiger partial charge in [0.15, 0.2) is 5.78 Å². The van der Waals surface area contributed by atoms with E-state index in [1.165, 1.54) is 38.8 Å². The van der Waals surface area contributed by atoms with Crippen LogP contribution in [0.3, 0.4) is 0 Å².